The van der Waals surface area contributed by atoms with E-state index in [0.717, 1.165) is 48.9 Å². The fraction of sp³-hybridized carbons (Fsp3) is 0.750. The van der Waals surface area contributed by atoms with E-state index in [1.165, 1.54) is 0 Å². The lowest BCUT2D eigenvalue weighted by atomic mass is 9.98. The second kappa shape index (κ2) is 5.38. The van der Waals surface area contributed by atoms with Gasteiger partial charge in [0.15, 0.2) is 0 Å². The summed E-state index contributed by atoms with van der Waals surface area (Å²) in [5.74, 6) is 0.416. The minimum Gasteiger partial charge on any atom is -0.396 e. The Hall–Kier alpha value is -0.580. The van der Waals surface area contributed by atoms with Gasteiger partial charge in [0.2, 0.25) is 0 Å². The minimum absolute atomic E-state index is 0.288. The van der Waals surface area contributed by atoms with Crippen LogP contribution in [0.25, 0.3) is 0 Å². The number of hydrogen-bond acceptors (Lipinski definition) is 3. The number of nitrogens with zero attached hydrogens (tertiary/aromatic N) is 3. The normalized spacial score (nSPS) is 22.0. The average Bonchev–Trinajstić information content (AvgIpc) is 2.56. The summed E-state index contributed by atoms with van der Waals surface area (Å²) in [6.45, 7) is 5.17. The van der Waals surface area contributed by atoms with Crippen LogP contribution in [0, 0.1) is 12.8 Å². The van der Waals surface area contributed by atoms with E-state index in [2.05, 4.69) is 10.00 Å². The third-order valence-corrected chi connectivity index (χ3v) is 3.99. The highest BCUT2D eigenvalue weighted by Gasteiger charge is 2.21. The Morgan fingerprint density at radius 3 is 2.88 bits per heavy atom. The van der Waals surface area contributed by atoms with E-state index in [9.17, 15) is 5.11 Å². The molecule has 1 fully saturated rings. The average molecular weight is 258 g/mol. The van der Waals surface area contributed by atoms with Gasteiger partial charge >= 0.3 is 0 Å². The van der Waals surface area contributed by atoms with E-state index in [1.807, 2.05) is 14.0 Å². The summed E-state index contributed by atoms with van der Waals surface area (Å²) in [7, 11) is 1.87. The van der Waals surface area contributed by atoms with E-state index in [0.29, 0.717) is 5.92 Å². The van der Waals surface area contributed by atoms with Crippen molar-refractivity contribution >= 4 is 11.6 Å². The van der Waals surface area contributed by atoms with Crippen molar-refractivity contribution in [3.63, 3.8) is 0 Å². The van der Waals surface area contributed by atoms with Gasteiger partial charge in [-0.25, -0.2) is 0 Å². The summed E-state index contributed by atoms with van der Waals surface area (Å²) in [6.07, 6.45) is 2.29. The number of rotatable bonds is 3. The van der Waals surface area contributed by atoms with Crippen molar-refractivity contribution in [3.05, 3.63) is 16.4 Å². The molecule has 0 spiro atoms. The van der Waals surface area contributed by atoms with E-state index >= 15 is 0 Å². The molecule has 5 heteroatoms. The second-order valence-corrected chi connectivity index (χ2v) is 5.26. The predicted molar refractivity (Wildman–Crippen MR) is 68.0 cm³/mol. The highest BCUT2D eigenvalue weighted by Crippen LogP contribution is 2.23. The van der Waals surface area contributed by atoms with Gasteiger partial charge in [0.25, 0.3) is 0 Å². The molecule has 0 aromatic carbocycles. The summed E-state index contributed by atoms with van der Waals surface area (Å²) in [5, 5.41) is 14.3. The molecule has 1 N–H and O–H groups in total. The third-order valence-electron chi connectivity index (χ3n) is 3.51. The number of aromatic nitrogens is 2. The Morgan fingerprint density at radius 2 is 2.29 bits per heavy atom. The van der Waals surface area contributed by atoms with Crippen molar-refractivity contribution in [1.29, 1.82) is 0 Å². The Morgan fingerprint density at radius 1 is 1.53 bits per heavy atom. The quantitative estimate of drug-likeness (QED) is 0.894. The molecule has 17 heavy (non-hydrogen) atoms. The standard InChI is InChI=1S/C12H20ClN3O/c1-9-11(12(13)15(2)14-9)7-16-5-3-4-10(6-16)8-17/h10,17H,3-8H2,1-2H3/t10-/m0/s1. The van der Waals surface area contributed by atoms with Crippen LogP contribution in [-0.4, -0.2) is 39.5 Å². The van der Waals surface area contributed by atoms with Gasteiger partial charge in [-0.3, -0.25) is 9.58 Å². The highest BCUT2D eigenvalue weighted by molar-refractivity contribution is 6.30. The number of aryl methyl sites for hydroxylation is 2. The second-order valence-electron chi connectivity index (χ2n) is 4.90. The molecule has 1 aromatic rings. The largest absolute Gasteiger partial charge is 0.396 e. The first kappa shape index (κ1) is 12.9. The van der Waals surface area contributed by atoms with E-state index in [4.69, 9.17) is 11.6 Å². The first-order valence-corrected chi connectivity index (χ1v) is 6.50. The van der Waals surface area contributed by atoms with Crippen LogP contribution in [0.1, 0.15) is 24.1 Å². The summed E-state index contributed by atoms with van der Waals surface area (Å²) < 4.78 is 1.72. The van der Waals surface area contributed by atoms with Gasteiger partial charge in [-0.1, -0.05) is 11.6 Å². The van der Waals surface area contributed by atoms with Crippen molar-refractivity contribution in [1.82, 2.24) is 14.7 Å². The number of piperidine rings is 1. The molecule has 2 rings (SSSR count). The van der Waals surface area contributed by atoms with Crippen molar-refractivity contribution in [2.24, 2.45) is 13.0 Å². The van der Waals surface area contributed by atoms with Gasteiger partial charge in [-0.05, 0) is 32.2 Å². The van der Waals surface area contributed by atoms with Gasteiger partial charge in [0.05, 0.1) is 5.69 Å². The molecule has 96 valence electrons. The first-order chi connectivity index (χ1) is 8.11. The fourth-order valence-corrected chi connectivity index (χ4v) is 2.76. The Balaban J connectivity index is 2.05. The lowest BCUT2D eigenvalue weighted by molar-refractivity contribution is 0.116. The Labute approximate surface area is 107 Å². The molecule has 0 amide bonds. The Bertz CT molecular complexity index is 391. The predicted octanol–water partition coefficient (Wildman–Crippen LogP) is 1.59. The van der Waals surface area contributed by atoms with Crippen molar-refractivity contribution in [2.75, 3.05) is 19.7 Å². The highest BCUT2D eigenvalue weighted by atomic mass is 35.5. The Kier molecular flexibility index (Phi) is 4.07. The van der Waals surface area contributed by atoms with Crippen LogP contribution in [-0.2, 0) is 13.6 Å². The van der Waals surface area contributed by atoms with Crippen LogP contribution in [0.4, 0.5) is 0 Å². The van der Waals surface area contributed by atoms with Gasteiger partial charge in [0, 0.05) is 32.3 Å². The van der Waals surface area contributed by atoms with Crippen molar-refractivity contribution in [2.45, 2.75) is 26.3 Å². The van der Waals surface area contributed by atoms with Crippen LogP contribution in [0.5, 0.6) is 0 Å². The molecule has 0 aliphatic carbocycles. The maximum atomic E-state index is 9.22. The topological polar surface area (TPSA) is 41.3 Å². The molecule has 0 radical (unpaired) electrons. The molecular weight excluding hydrogens is 238 g/mol. The molecule has 2 heterocycles. The zero-order chi connectivity index (χ0) is 12.4. The summed E-state index contributed by atoms with van der Waals surface area (Å²) >= 11 is 6.23. The smallest absolute Gasteiger partial charge is 0.131 e. The monoisotopic (exact) mass is 257 g/mol. The number of likely N-dealkylation sites (tertiary alicyclic amines) is 1. The molecular formula is C12H20ClN3O. The van der Waals surface area contributed by atoms with Gasteiger partial charge in [-0.2, -0.15) is 5.10 Å². The van der Waals surface area contributed by atoms with Crippen LogP contribution in [0.3, 0.4) is 0 Å². The molecule has 0 saturated carbocycles. The first-order valence-electron chi connectivity index (χ1n) is 6.13. The lowest BCUT2D eigenvalue weighted by Crippen LogP contribution is -2.36. The lowest BCUT2D eigenvalue weighted by Gasteiger charge is -2.31. The molecule has 0 unspecified atom stereocenters. The molecule has 1 saturated heterocycles. The fourth-order valence-electron chi connectivity index (χ4n) is 2.52. The molecule has 1 atom stereocenters. The van der Waals surface area contributed by atoms with Crippen LogP contribution in [0.15, 0.2) is 0 Å². The SMILES string of the molecule is Cc1nn(C)c(Cl)c1CN1CCC[C@H](CO)C1. The van der Waals surface area contributed by atoms with Crippen molar-refractivity contribution in [3.8, 4) is 0 Å². The zero-order valence-electron chi connectivity index (χ0n) is 10.5. The number of aliphatic hydroxyl groups excluding tert-OH is 1. The number of aliphatic hydroxyl groups is 1. The molecule has 0 bridgehead atoms. The van der Waals surface area contributed by atoms with E-state index in [1.54, 1.807) is 4.68 Å². The maximum absolute atomic E-state index is 9.22. The zero-order valence-corrected chi connectivity index (χ0v) is 11.2. The molecule has 1 aliphatic rings. The van der Waals surface area contributed by atoms with Gasteiger partial charge in [0.1, 0.15) is 5.15 Å². The minimum atomic E-state index is 0.288. The van der Waals surface area contributed by atoms with E-state index in [-0.39, 0.29) is 6.61 Å². The number of hydrogen-bond donors (Lipinski definition) is 1. The van der Waals surface area contributed by atoms with Crippen LogP contribution < -0.4 is 0 Å². The molecule has 1 aromatic heterocycles. The molecule has 4 nitrogen and oxygen atoms in total. The molecule has 1 aliphatic heterocycles. The third kappa shape index (κ3) is 2.81. The van der Waals surface area contributed by atoms with Crippen molar-refractivity contribution < 1.29 is 5.11 Å². The maximum Gasteiger partial charge on any atom is 0.131 e. The number of halogens is 1. The van der Waals surface area contributed by atoms with Gasteiger partial charge in [-0.15, -0.1) is 0 Å². The van der Waals surface area contributed by atoms with Crippen LogP contribution >= 0.6 is 11.6 Å². The summed E-state index contributed by atoms with van der Waals surface area (Å²) in [4.78, 5) is 2.36. The summed E-state index contributed by atoms with van der Waals surface area (Å²) in [5.41, 5.74) is 2.12. The van der Waals surface area contributed by atoms with Crippen LogP contribution in [0.2, 0.25) is 5.15 Å². The van der Waals surface area contributed by atoms with E-state index < -0.39 is 0 Å². The summed E-state index contributed by atoms with van der Waals surface area (Å²) in [6, 6.07) is 0. The van der Waals surface area contributed by atoms with Gasteiger partial charge < -0.3 is 5.11 Å².